The minimum atomic E-state index is -0.789. The summed E-state index contributed by atoms with van der Waals surface area (Å²) in [6.45, 7) is 4.19. The third kappa shape index (κ3) is 2.67. The zero-order valence-electron chi connectivity index (χ0n) is 7.20. The van der Waals surface area contributed by atoms with Crippen LogP contribution in [0.15, 0.2) is 0 Å². The van der Waals surface area contributed by atoms with Gasteiger partial charge in [0.25, 0.3) is 0 Å². The van der Waals surface area contributed by atoms with E-state index in [0.717, 1.165) is 0 Å². The van der Waals surface area contributed by atoms with E-state index in [1.54, 1.807) is 13.8 Å². The lowest BCUT2D eigenvalue weighted by Crippen LogP contribution is -2.26. The number of carbonyl (C=O) groups is 1. The molecule has 0 aliphatic carbocycles. The van der Waals surface area contributed by atoms with E-state index in [4.69, 9.17) is 15.2 Å². The molecule has 0 aromatic heterocycles. The van der Waals surface area contributed by atoms with Crippen LogP contribution in [0.4, 0.5) is 4.79 Å². The van der Waals surface area contributed by atoms with Crippen LogP contribution < -0.4 is 5.73 Å². The van der Waals surface area contributed by atoms with Crippen LogP contribution in [0.5, 0.6) is 0 Å². The molecule has 5 nitrogen and oxygen atoms in total. The average Bonchev–Trinajstić information content (AvgIpc) is 2.26. The van der Waals surface area contributed by atoms with Gasteiger partial charge >= 0.3 is 6.09 Å². The van der Waals surface area contributed by atoms with Gasteiger partial charge in [0.1, 0.15) is 12.7 Å². The zero-order chi connectivity index (χ0) is 9.19. The van der Waals surface area contributed by atoms with Crippen LogP contribution >= 0.6 is 0 Å². The van der Waals surface area contributed by atoms with E-state index in [2.05, 4.69) is 4.74 Å². The first-order valence-corrected chi connectivity index (χ1v) is 3.73. The lowest BCUT2D eigenvalue weighted by atomic mass is 10.4. The number of nitrogens with two attached hydrogens (primary N) is 1. The Hall–Kier alpha value is -0.810. The lowest BCUT2D eigenvalue weighted by Gasteiger charge is -2.16. The molecule has 5 heteroatoms. The van der Waals surface area contributed by atoms with Gasteiger partial charge in [-0.2, -0.15) is 0 Å². The van der Waals surface area contributed by atoms with E-state index in [9.17, 15) is 4.79 Å². The van der Waals surface area contributed by atoms with Crippen molar-refractivity contribution in [3.8, 4) is 0 Å². The largest absolute Gasteiger partial charge is 0.447 e. The first-order valence-electron chi connectivity index (χ1n) is 3.73. The molecular weight excluding hydrogens is 162 g/mol. The third-order valence-electron chi connectivity index (χ3n) is 1.48. The lowest BCUT2D eigenvalue weighted by molar-refractivity contribution is -0.142. The molecule has 1 atom stereocenters. The highest BCUT2D eigenvalue weighted by Gasteiger charge is 2.33. The number of ether oxygens (including phenoxy) is 3. The first kappa shape index (κ1) is 9.28. The van der Waals surface area contributed by atoms with E-state index in [1.165, 1.54) is 0 Å². The maximum atomic E-state index is 10.2. The molecule has 12 heavy (non-hydrogen) atoms. The Bertz CT molecular complexity index is 180. The molecule has 0 aromatic rings. The fourth-order valence-corrected chi connectivity index (χ4v) is 1.02. The molecule has 70 valence electrons. The van der Waals surface area contributed by atoms with Crippen LogP contribution in [-0.2, 0) is 14.2 Å². The number of carbonyl (C=O) groups excluding carboxylic acids is 1. The van der Waals surface area contributed by atoms with E-state index in [0.29, 0.717) is 6.61 Å². The number of hydrogen-bond donors (Lipinski definition) is 1. The molecular formula is C7H13NO4. The van der Waals surface area contributed by atoms with Crippen molar-refractivity contribution >= 4 is 6.09 Å². The Kier molecular flexibility index (Phi) is 2.54. The Morgan fingerprint density at radius 3 is 2.83 bits per heavy atom. The summed E-state index contributed by atoms with van der Waals surface area (Å²) in [5, 5.41) is 0. The molecule has 0 bridgehead atoms. The summed E-state index contributed by atoms with van der Waals surface area (Å²) < 4.78 is 15.1. The first-order chi connectivity index (χ1) is 5.49. The molecule has 1 fully saturated rings. The van der Waals surface area contributed by atoms with Crippen LogP contribution in [0.3, 0.4) is 0 Å². The van der Waals surface area contributed by atoms with Crippen LogP contribution in [0.2, 0.25) is 0 Å². The molecule has 1 amide bonds. The molecule has 1 aliphatic rings. The Balaban J connectivity index is 2.24. The second kappa shape index (κ2) is 3.28. The normalized spacial score (nSPS) is 27.0. The molecule has 0 aromatic carbocycles. The summed E-state index contributed by atoms with van der Waals surface area (Å²) in [5.41, 5.74) is 4.78. The summed E-state index contributed by atoms with van der Waals surface area (Å²) in [6, 6.07) is 0. The van der Waals surface area contributed by atoms with Crippen molar-refractivity contribution in [2.24, 2.45) is 5.73 Å². The van der Waals surface area contributed by atoms with Gasteiger partial charge in [0.2, 0.25) is 0 Å². The molecule has 1 aliphatic heterocycles. The van der Waals surface area contributed by atoms with Gasteiger partial charge in [0, 0.05) is 0 Å². The van der Waals surface area contributed by atoms with Gasteiger partial charge in [-0.15, -0.1) is 0 Å². The monoisotopic (exact) mass is 175 g/mol. The molecule has 0 unspecified atom stereocenters. The quantitative estimate of drug-likeness (QED) is 0.652. The average molecular weight is 175 g/mol. The predicted octanol–water partition coefficient (Wildman–Crippen LogP) is 0.233. The van der Waals surface area contributed by atoms with E-state index < -0.39 is 11.9 Å². The van der Waals surface area contributed by atoms with Crippen LogP contribution in [0.1, 0.15) is 13.8 Å². The fraction of sp³-hybridized carbons (Fsp3) is 0.857. The second-order valence-corrected chi connectivity index (χ2v) is 3.08. The minimum Gasteiger partial charge on any atom is -0.447 e. The van der Waals surface area contributed by atoms with Crippen molar-refractivity contribution in [1.82, 2.24) is 0 Å². The summed E-state index contributed by atoms with van der Waals surface area (Å²) in [4.78, 5) is 10.2. The number of amides is 1. The predicted molar refractivity (Wildman–Crippen MR) is 40.4 cm³/mol. The van der Waals surface area contributed by atoms with Gasteiger partial charge in [-0.3, -0.25) is 0 Å². The van der Waals surface area contributed by atoms with Gasteiger partial charge in [-0.25, -0.2) is 4.79 Å². The highest BCUT2D eigenvalue weighted by Crippen LogP contribution is 2.22. The summed E-state index contributed by atoms with van der Waals surface area (Å²) in [7, 11) is 0. The molecule has 0 spiro atoms. The van der Waals surface area contributed by atoms with Crippen LogP contribution in [0.25, 0.3) is 0 Å². The maximum Gasteiger partial charge on any atom is 0.404 e. The van der Waals surface area contributed by atoms with Crippen molar-refractivity contribution in [2.45, 2.75) is 25.7 Å². The van der Waals surface area contributed by atoms with E-state index >= 15 is 0 Å². The molecule has 0 radical (unpaired) electrons. The van der Waals surface area contributed by atoms with Crippen molar-refractivity contribution in [3.05, 3.63) is 0 Å². The molecule has 1 heterocycles. The third-order valence-corrected chi connectivity index (χ3v) is 1.48. The maximum absolute atomic E-state index is 10.2. The van der Waals surface area contributed by atoms with Crippen molar-refractivity contribution < 1.29 is 19.0 Å². The van der Waals surface area contributed by atoms with E-state index in [1.807, 2.05) is 0 Å². The van der Waals surface area contributed by atoms with Gasteiger partial charge in [0.15, 0.2) is 5.79 Å². The molecule has 1 rings (SSSR count). The summed E-state index contributed by atoms with van der Waals surface area (Å²) in [5.74, 6) is -0.578. The van der Waals surface area contributed by atoms with Crippen molar-refractivity contribution in [1.29, 1.82) is 0 Å². The minimum absolute atomic E-state index is 0.152. The second-order valence-electron chi connectivity index (χ2n) is 3.08. The van der Waals surface area contributed by atoms with Gasteiger partial charge < -0.3 is 19.9 Å². The van der Waals surface area contributed by atoms with Gasteiger partial charge in [-0.05, 0) is 13.8 Å². The Morgan fingerprint density at radius 2 is 2.42 bits per heavy atom. The molecule has 0 saturated carbocycles. The van der Waals surface area contributed by atoms with E-state index in [-0.39, 0.29) is 12.7 Å². The summed E-state index contributed by atoms with van der Waals surface area (Å²) >= 11 is 0. The van der Waals surface area contributed by atoms with Crippen LogP contribution in [0, 0.1) is 0 Å². The SMILES string of the molecule is CC1(C)OC[C@H](COC(N)=O)O1. The van der Waals surface area contributed by atoms with Crippen molar-refractivity contribution in [3.63, 3.8) is 0 Å². The van der Waals surface area contributed by atoms with Crippen molar-refractivity contribution in [2.75, 3.05) is 13.2 Å². The fourth-order valence-electron chi connectivity index (χ4n) is 1.02. The molecule has 1 saturated heterocycles. The number of hydrogen-bond acceptors (Lipinski definition) is 4. The zero-order valence-corrected chi connectivity index (χ0v) is 7.20. The Morgan fingerprint density at radius 1 is 1.75 bits per heavy atom. The smallest absolute Gasteiger partial charge is 0.404 e. The number of rotatable bonds is 2. The van der Waals surface area contributed by atoms with Crippen LogP contribution in [-0.4, -0.2) is 31.2 Å². The molecule has 2 N–H and O–H groups in total. The highest BCUT2D eigenvalue weighted by molar-refractivity contribution is 5.64. The number of primary amides is 1. The standard InChI is InChI=1S/C7H13NO4/c1-7(2)11-4-5(12-7)3-10-6(8)9/h5H,3-4H2,1-2H3,(H2,8,9)/t5-/m0/s1. The topological polar surface area (TPSA) is 70.8 Å². The van der Waals surface area contributed by atoms with Gasteiger partial charge in [-0.1, -0.05) is 0 Å². The van der Waals surface area contributed by atoms with Gasteiger partial charge in [0.05, 0.1) is 6.61 Å². The highest BCUT2D eigenvalue weighted by atomic mass is 16.7. The summed E-state index contributed by atoms with van der Waals surface area (Å²) in [6.07, 6.45) is -0.990. The Labute approximate surface area is 70.8 Å².